The molecule has 0 saturated carbocycles. The van der Waals surface area contributed by atoms with Crippen molar-refractivity contribution in [3.8, 4) is 17.3 Å². The van der Waals surface area contributed by atoms with Gasteiger partial charge < -0.3 is 14.7 Å². The van der Waals surface area contributed by atoms with Gasteiger partial charge in [0.25, 0.3) is 5.56 Å². The largest absolute Gasteiger partial charge is 0.495 e. The lowest BCUT2D eigenvalue weighted by molar-refractivity contribution is 0.311. The highest BCUT2D eigenvalue weighted by molar-refractivity contribution is 7.10. The molecule has 6 nitrogen and oxygen atoms in total. The van der Waals surface area contributed by atoms with Crippen LogP contribution in [0.2, 0.25) is 5.02 Å². The number of pyridine rings is 1. The molecule has 170 valence electrons. The minimum atomic E-state index is -0.370. The number of halogens is 1. The second-order valence-corrected chi connectivity index (χ2v) is 9.14. The highest BCUT2D eigenvalue weighted by Gasteiger charge is 2.20. The molecule has 0 aliphatic rings. The van der Waals surface area contributed by atoms with E-state index in [4.69, 9.17) is 16.3 Å². The lowest BCUT2D eigenvalue weighted by atomic mass is 10.1. The number of nitrogens with zero attached hydrogens (tertiary/aromatic N) is 3. The molecule has 2 heterocycles. The third-order valence-corrected chi connectivity index (χ3v) is 6.69. The number of hydrogen-bond acceptors (Lipinski definition) is 6. The second kappa shape index (κ2) is 9.79. The Kier molecular flexibility index (Phi) is 6.83. The van der Waals surface area contributed by atoms with Crippen LogP contribution in [-0.2, 0) is 0 Å². The molecule has 0 radical (unpaired) electrons. The summed E-state index contributed by atoms with van der Waals surface area (Å²) in [6, 6.07) is 16.3. The third-order valence-electron chi connectivity index (χ3n) is 5.48. The van der Waals surface area contributed by atoms with Crippen molar-refractivity contribution in [2.24, 2.45) is 4.99 Å². The minimum absolute atomic E-state index is 0.105. The first-order chi connectivity index (χ1) is 15.9. The molecule has 1 unspecified atom stereocenters. The van der Waals surface area contributed by atoms with Gasteiger partial charge in [-0.25, -0.2) is 4.57 Å². The van der Waals surface area contributed by atoms with E-state index in [1.807, 2.05) is 31.6 Å². The van der Waals surface area contributed by atoms with E-state index in [9.17, 15) is 9.90 Å². The molecule has 1 N–H and O–H groups in total. The van der Waals surface area contributed by atoms with Gasteiger partial charge in [0.15, 0.2) is 0 Å². The van der Waals surface area contributed by atoms with E-state index in [0.717, 1.165) is 0 Å². The number of benzene rings is 2. The van der Waals surface area contributed by atoms with Crippen LogP contribution in [0, 0.1) is 0 Å². The van der Waals surface area contributed by atoms with Gasteiger partial charge in [0.05, 0.1) is 30.9 Å². The molecular weight excluding hydrogens is 458 g/mol. The predicted octanol–water partition coefficient (Wildman–Crippen LogP) is 5.14. The van der Waals surface area contributed by atoms with Gasteiger partial charge in [0.2, 0.25) is 5.88 Å². The number of hydrogen-bond donors (Lipinski definition) is 1. The molecule has 0 fully saturated rings. The van der Waals surface area contributed by atoms with Crippen molar-refractivity contribution in [3.63, 3.8) is 0 Å². The second-order valence-electron chi connectivity index (χ2n) is 7.73. The average Bonchev–Trinajstić information content (AvgIpc) is 3.33. The predicted molar refractivity (Wildman–Crippen MR) is 136 cm³/mol. The normalized spacial score (nSPS) is 12.6. The lowest BCUT2D eigenvalue weighted by Crippen LogP contribution is -2.22. The van der Waals surface area contributed by atoms with Crippen molar-refractivity contribution in [1.82, 2.24) is 9.47 Å². The zero-order chi connectivity index (χ0) is 23.5. The molecule has 1 atom stereocenters. The molecule has 0 spiro atoms. The summed E-state index contributed by atoms with van der Waals surface area (Å²) >= 11 is 7.88. The van der Waals surface area contributed by atoms with E-state index in [1.54, 1.807) is 53.9 Å². The maximum atomic E-state index is 13.4. The fourth-order valence-corrected chi connectivity index (χ4v) is 4.86. The molecule has 33 heavy (non-hydrogen) atoms. The quantitative estimate of drug-likeness (QED) is 0.371. The molecule has 4 aromatic rings. The molecule has 0 saturated heterocycles. The molecule has 0 aliphatic heterocycles. The van der Waals surface area contributed by atoms with Crippen LogP contribution in [0.15, 0.2) is 69.8 Å². The first-order valence-corrected chi connectivity index (χ1v) is 11.6. The van der Waals surface area contributed by atoms with Gasteiger partial charge in [0, 0.05) is 26.9 Å². The van der Waals surface area contributed by atoms with Gasteiger partial charge >= 0.3 is 0 Å². The molecular formula is C25H24ClN3O3S. The summed E-state index contributed by atoms with van der Waals surface area (Å²) in [5.74, 6) is 0.195. The van der Waals surface area contributed by atoms with Crippen molar-refractivity contribution in [2.45, 2.75) is 6.04 Å². The topological polar surface area (TPSA) is 67.1 Å². The zero-order valence-electron chi connectivity index (χ0n) is 18.5. The van der Waals surface area contributed by atoms with E-state index in [0.29, 0.717) is 39.3 Å². The Labute approximate surface area is 201 Å². The van der Waals surface area contributed by atoms with Crippen molar-refractivity contribution >= 4 is 39.9 Å². The SMILES string of the molecule is COc1ccc(Cl)cc1-n1c(O)c(C=NCC(c2cccs2)N(C)C)c2ccccc2c1=O. The van der Waals surface area contributed by atoms with Gasteiger partial charge in [-0.05, 0) is 49.8 Å². The van der Waals surface area contributed by atoms with Gasteiger partial charge in [0.1, 0.15) is 5.75 Å². The molecule has 0 amide bonds. The van der Waals surface area contributed by atoms with Gasteiger partial charge in [-0.15, -0.1) is 11.3 Å². The Hall–Kier alpha value is -3.13. The highest BCUT2D eigenvalue weighted by Crippen LogP contribution is 2.32. The zero-order valence-corrected chi connectivity index (χ0v) is 20.1. The molecule has 0 bridgehead atoms. The first-order valence-electron chi connectivity index (χ1n) is 10.3. The van der Waals surface area contributed by atoms with Gasteiger partial charge in [-0.3, -0.25) is 9.79 Å². The van der Waals surface area contributed by atoms with E-state index in [1.165, 1.54) is 16.6 Å². The van der Waals surface area contributed by atoms with E-state index in [-0.39, 0.29) is 17.5 Å². The van der Waals surface area contributed by atoms with E-state index in [2.05, 4.69) is 16.0 Å². The number of thiophene rings is 1. The van der Waals surface area contributed by atoms with Crippen molar-refractivity contribution in [1.29, 1.82) is 0 Å². The fraction of sp³-hybridized carbons (Fsp3) is 0.200. The Morgan fingerprint density at radius 1 is 1.18 bits per heavy atom. The molecule has 0 aliphatic carbocycles. The molecule has 2 aromatic heterocycles. The molecule has 8 heteroatoms. The third kappa shape index (κ3) is 4.53. The summed E-state index contributed by atoms with van der Waals surface area (Å²) in [7, 11) is 5.53. The number of aromatic hydroxyl groups is 1. The number of methoxy groups -OCH3 is 1. The van der Waals surface area contributed by atoms with Crippen molar-refractivity contribution in [3.05, 3.63) is 85.8 Å². The monoisotopic (exact) mass is 481 g/mol. The van der Waals surface area contributed by atoms with E-state index < -0.39 is 0 Å². The summed E-state index contributed by atoms with van der Waals surface area (Å²) < 4.78 is 6.65. The number of aliphatic imine (C=N–C) groups is 1. The van der Waals surface area contributed by atoms with Crippen LogP contribution in [-0.4, -0.2) is 48.5 Å². The maximum Gasteiger partial charge on any atom is 0.265 e. The maximum absolute atomic E-state index is 13.4. The van der Waals surface area contributed by atoms with Gasteiger partial charge in [-0.2, -0.15) is 0 Å². The highest BCUT2D eigenvalue weighted by atomic mass is 35.5. The summed E-state index contributed by atoms with van der Waals surface area (Å²) in [4.78, 5) is 21.3. The Bertz CT molecular complexity index is 1360. The van der Waals surface area contributed by atoms with Crippen LogP contribution < -0.4 is 10.3 Å². The Balaban J connectivity index is 1.86. The van der Waals surface area contributed by atoms with E-state index >= 15 is 0 Å². The van der Waals surface area contributed by atoms with Crippen LogP contribution >= 0.6 is 22.9 Å². The van der Waals surface area contributed by atoms with Crippen LogP contribution in [0.25, 0.3) is 16.5 Å². The fourth-order valence-electron chi connectivity index (χ4n) is 3.78. The van der Waals surface area contributed by atoms with Gasteiger partial charge in [-0.1, -0.05) is 35.9 Å². The van der Waals surface area contributed by atoms with Crippen molar-refractivity contribution < 1.29 is 9.84 Å². The number of likely N-dealkylation sites (N-methyl/N-ethyl adjacent to an activating group) is 1. The number of aromatic nitrogens is 1. The Morgan fingerprint density at radius 2 is 1.94 bits per heavy atom. The van der Waals surface area contributed by atoms with Crippen LogP contribution in [0.1, 0.15) is 16.5 Å². The summed E-state index contributed by atoms with van der Waals surface area (Å²) in [6.45, 7) is 0.501. The number of rotatable bonds is 7. The summed E-state index contributed by atoms with van der Waals surface area (Å²) in [6.07, 6.45) is 1.63. The molecule has 4 rings (SSSR count). The number of fused-ring (bicyclic) bond motifs is 1. The summed E-state index contributed by atoms with van der Waals surface area (Å²) in [5, 5.41) is 14.8. The lowest BCUT2D eigenvalue weighted by Gasteiger charge is -2.21. The standard InChI is InChI=1S/C25H24ClN3O3S/c1-28(2)21(23-9-6-12-33-23)15-27-14-19-17-7-4-5-8-18(17)24(30)29(25(19)31)20-13-16(26)10-11-22(20)32-3/h4-14,21,31H,15H2,1-3H3. The number of ether oxygens (including phenoxy) is 1. The van der Waals surface area contributed by atoms with Crippen LogP contribution in [0.5, 0.6) is 11.6 Å². The van der Waals surface area contributed by atoms with Crippen LogP contribution in [0.3, 0.4) is 0 Å². The summed E-state index contributed by atoms with van der Waals surface area (Å²) in [5.41, 5.74) is 0.444. The van der Waals surface area contributed by atoms with Crippen molar-refractivity contribution in [2.75, 3.05) is 27.7 Å². The first kappa shape index (κ1) is 23.0. The minimum Gasteiger partial charge on any atom is -0.495 e. The smallest absolute Gasteiger partial charge is 0.265 e. The molecule has 2 aromatic carbocycles. The Morgan fingerprint density at radius 3 is 2.61 bits per heavy atom. The average molecular weight is 482 g/mol. The van der Waals surface area contributed by atoms with Crippen LogP contribution in [0.4, 0.5) is 0 Å².